The molecule has 0 aromatic carbocycles. The molecule has 0 spiro atoms. The van der Waals surface area contributed by atoms with Gasteiger partial charge in [0.1, 0.15) is 0 Å². The van der Waals surface area contributed by atoms with Crippen molar-refractivity contribution in [1.82, 2.24) is 0 Å². The molecular weight excluding hydrogens is 110 g/mol. The Balaban J connectivity index is 2.41. The quantitative estimate of drug-likeness (QED) is 0.491. The molecule has 9 heavy (non-hydrogen) atoms. The molecule has 0 saturated heterocycles. The van der Waals surface area contributed by atoms with E-state index in [2.05, 4.69) is 13.0 Å². The van der Waals surface area contributed by atoms with Crippen LogP contribution in [0.1, 0.15) is 32.6 Å². The molecule has 2 N–H and O–H groups in total. The average Bonchev–Trinajstić information content (AvgIpc) is 1.88. The lowest BCUT2D eigenvalue weighted by Crippen LogP contribution is -2.23. The van der Waals surface area contributed by atoms with Gasteiger partial charge in [0.05, 0.1) is 0 Å². The molecule has 0 aliphatic heterocycles. The van der Waals surface area contributed by atoms with Gasteiger partial charge in [-0.25, -0.2) is 0 Å². The summed E-state index contributed by atoms with van der Waals surface area (Å²) in [6.07, 6.45) is 7.14. The van der Waals surface area contributed by atoms with Crippen molar-refractivity contribution in [2.24, 2.45) is 5.73 Å². The standard InChI is InChI=1S/C8H15N/c1-2-7-4-3-5-8(9)6-7/h2,8H,3-6,9H2,1H3/b7-2-. The molecule has 1 unspecified atom stereocenters. The Morgan fingerprint density at radius 2 is 2.44 bits per heavy atom. The lowest BCUT2D eigenvalue weighted by Gasteiger charge is -2.19. The summed E-state index contributed by atoms with van der Waals surface area (Å²) in [7, 11) is 0. The van der Waals surface area contributed by atoms with Gasteiger partial charge in [0.2, 0.25) is 0 Å². The van der Waals surface area contributed by atoms with E-state index in [1.165, 1.54) is 19.3 Å². The molecule has 0 aromatic rings. The average molecular weight is 125 g/mol. The van der Waals surface area contributed by atoms with Crippen molar-refractivity contribution in [2.75, 3.05) is 0 Å². The highest BCUT2D eigenvalue weighted by molar-refractivity contribution is 5.05. The Bertz CT molecular complexity index is 116. The first-order valence-electron chi connectivity index (χ1n) is 3.72. The van der Waals surface area contributed by atoms with Crippen LogP contribution in [-0.2, 0) is 0 Å². The predicted molar refractivity (Wildman–Crippen MR) is 40.2 cm³/mol. The van der Waals surface area contributed by atoms with Crippen molar-refractivity contribution >= 4 is 0 Å². The molecule has 52 valence electrons. The second-order valence-electron chi connectivity index (χ2n) is 2.80. The van der Waals surface area contributed by atoms with Gasteiger partial charge in [-0.15, -0.1) is 0 Å². The van der Waals surface area contributed by atoms with Crippen LogP contribution in [0.5, 0.6) is 0 Å². The van der Waals surface area contributed by atoms with Crippen LogP contribution in [-0.4, -0.2) is 6.04 Å². The highest BCUT2D eigenvalue weighted by Crippen LogP contribution is 2.21. The van der Waals surface area contributed by atoms with Gasteiger partial charge in [-0.3, -0.25) is 0 Å². The fourth-order valence-electron chi connectivity index (χ4n) is 1.39. The molecule has 1 nitrogen and oxygen atoms in total. The van der Waals surface area contributed by atoms with E-state index in [0.717, 1.165) is 6.42 Å². The van der Waals surface area contributed by atoms with E-state index in [4.69, 9.17) is 5.73 Å². The van der Waals surface area contributed by atoms with Crippen molar-refractivity contribution in [3.63, 3.8) is 0 Å². The van der Waals surface area contributed by atoms with Crippen molar-refractivity contribution in [2.45, 2.75) is 38.6 Å². The second-order valence-corrected chi connectivity index (χ2v) is 2.80. The number of rotatable bonds is 0. The Kier molecular flexibility index (Phi) is 2.29. The molecule has 0 amide bonds. The lowest BCUT2D eigenvalue weighted by atomic mass is 9.91. The monoisotopic (exact) mass is 125 g/mol. The zero-order chi connectivity index (χ0) is 6.69. The molecule has 0 radical (unpaired) electrons. The van der Waals surface area contributed by atoms with Crippen molar-refractivity contribution in [1.29, 1.82) is 0 Å². The van der Waals surface area contributed by atoms with Crippen LogP contribution in [0.3, 0.4) is 0 Å². The van der Waals surface area contributed by atoms with Crippen LogP contribution in [0, 0.1) is 0 Å². The minimum absolute atomic E-state index is 0.449. The molecule has 0 bridgehead atoms. The Labute approximate surface area is 56.9 Å². The Morgan fingerprint density at radius 1 is 1.67 bits per heavy atom. The maximum atomic E-state index is 5.76. The van der Waals surface area contributed by atoms with Gasteiger partial charge in [-0.2, -0.15) is 0 Å². The molecule has 1 atom stereocenters. The summed E-state index contributed by atoms with van der Waals surface area (Å²) < 4.78 is 0. The van der Waals surface area contributed by atoms with Crippen LogP contribution >= 0.6 is 0 Å². The summed E-state index contributed by atoms with van der Waals surface area (Å²) in [5.41, 5.74) is 7.31. The fraction of sp³-hybridized carbons (Fsp3) is 0.750. The van der Waals surface area contributed by atoms with Gasteiger partial charge in [0.15, 0.2) is 0 Å². The largest absolute Gasteiger partial charge is 0.327 e. The zero-order valence-electron chi connectivity index (χ0n) is 6.06. The van der Waals surface area contributed by atoms with Crippen LogP contribution in [0.2, 0.25) is 0 Å². The molecule has 1 saturated carbocycles. The van der Waals surface area contributed by atoms with Crippen molar-refractivity contribution < 1.29 is 0 Å². The molecule has 1 aliphatic carbocycles. The van der Waals surface area contributed by atoms with Crippen LogP contribution in [0.25, 0.3) is 0 Å². The predicted octanol–water partition coefficient (Wildman–Crippen LogP) is 1.83. The van der Waals surface area contributed by atoms with Crippen LogP contribution < -0.4 is 5.73 Å². The normalized spacial score (nSPS) is 33.1. The zero-order valence-corrected chi connectivity index (χ0v) is 6.06. The summed E-state index contributed by atoms with van der Waals surface area (Å²) in [6, 6.07) is 0.449. The van der Waals surface area contributed by atoms with E-state index in [1.54, 1.807) is 5.57 Å². The Morgan fingerprint density at radius 3 is 2.89 bits per heavy atom. The maximum absolute atomic E-state index is 5.76. The number of nitrogens with two attached hydrogens (primary N) is 1. The van der Waals surface area contributed by atoms with E-state index in [-0.39, 0.29) is 0 Å². The minimum atomic E-state index is 0.449. The van der Waals surface area contributed by atoms with Crippen LogP contribution in [0.15, 0.2) is 11.6 Å². The number of hydrogen-bond donors (Lipinski definition) is 1. The summed E-state index contributed by atoms with van der Waals surface area (Å²) in [5.74, 6) is 0. The van der Waals surface area contributed by atoms with Gasteiger partial charge in [-0.1, -0.05) is 11.6 Å². The number of allylic oxidation sites excluding steroid dienone is 1. The second kappa shape index (κ2) is 3.02. The molecule has 0 aromatic heterocycles. The third kappa shape index (κ3) is 1.83. The number of hydrogen-bond acceptors (Lipinski definition) is 1. The van der Waals surface area contributed by atoms with Gasteiger partial charge >= 0.3 is 0 Å². The third-order valence-electron chi connectivity index (χ3n) is 2.01. The molecule has 0 heterocycles. The van der Waals surface area contributed by atoms with Crippen LogP contribution in [0.4, 0.5) is 0 Å². The Hall–Kier alpha value is -0.300. The SMILES string of the molecule is C/C=C1/CCCC(N)C1. The maximum Gasteiger partial charge on any atom is 0.00761 e. The summed E-state index contributed by atoms with van der Waals surface area (Å²) in [6.45, 7) is 2.10. The summed E-state index contributed by atoms with van der Waals surface area (Å²) >= 11 is 0. The van der Waals surface area contributed by atoms with Crippen molar-refractivity contribution in [3.05, 3.63) is 11.6 Å². The third-order valence-corrected chi connectivity index (χ3v) is 2.01. The molecule has 1 aliphatic rings. The topological polar surface area (TPSA) is 26.0 Å². The highest BCUT2D eigenvalue weighted by atomic mass is 14.6. The fourth-order valence-corrected chi connectivity index (χ4v) is 1.39. The molecule has 1 fully saturated rings. The van der Waals surface area contributed by atoms with Gasteiger partial charge in [-0.05, 0) is 32.6 Å². The molecule has 1 heteroatoms. The van der Waals surface area contributed by atoms with Gasteiger partial charge < -0.3 is 5.73 Å². The van der Waals surface area contributed by atoms with E-state index in [0.29, 0.717) is 6.04 Å². The first-order valence-corrected chi connectivity index (χ1v) is 3.72. The van der Waals surface area contributed by atoms with Gasteiger partial charge in [0, 0.05) is 6.04 Å². The van der Waals surface area contributed by atoms with E-state index in [9.17, 15) is 0 Å². The first kappa shape index (κ1) is 6.81. The smallest absolute Gasteiger partial charge is 0.00761 e. The summed E-state index contributed by atoms with van der Waals surface area (Å²) in [4.78, 5) is 0. The highest BCUT2D eigenvalue weighted by Gasteiger charge is 2.11. The first-order chi connectivity index (χ1) is 4.33. The van der Waals surface area contributed by atoms with E-state index in [1.807, 2.05) is 0 Å². The van der Waals surface area contributed by atoms with Gasteiger partial charge in [0.25, 0.3) is 0 Å². The lowest BCUT2D eigenvalue weighted by molar-refractivity contribution is 0.517. The van der Waals surface area contributed by atoms with E-state index < -0.39 is 0 Å². The summed E-state index contributed by atoms with van der Waals surface area (Å²) in [5, 5.41) is 0. The minimum Gasteiger partial charge on any atom is -0.327 e. The molecular formula is C8H15N. The van der Waals surface area contributed by atoms with Crippen molar-refractivity contribution in [3.8, 4) is 0 Å². The molecule has 1 rings (SSSR count). The van der Waals surface area contributed by atoms with E-state index >= 15 is 0 Å².